The number of hydrogen-bond donors (Lipinski definition) is 1. The molecule has 0 unspecified atom stereocenters. The molecule has 46 heavy (non-hydrogen) atoms. The Morgan fingerprint density at radius 3 is 2.41 bits per heavy atom. The molecule has 3 aromatic rings. The van der Waals surface area contributed by atoms with Crippen molar-refractivity contribution in [3.63, 3.8) is 0 Å². The lowest BCUT2D eigenvalue weighted by molar-refractivity contribution is 0.0464. The molecule has 2 aromatic carbocycles. The van der Waals surface area contributed by atoms with Gasteiger partial charge in [-0.1, -0.05) is 6.92 Å². The highest BCUT2D eigenvalue weighted by Gasteiger charge is 2.34. The number of alkyl carbamates (subject to hydrolysis) is 1. The van der Waals surface area contributed by atoms with Crippen molar-refractivity contribution in [2.24, 2.45) is 5.41 Å². The molecule has 1 aliphatic rings. The number of rotatable bonds is 12. The zero-order chi connectivity index (χ0) is 33.7. The topological polar surface area (TPSA) is 129 Å². The van der Waals surface area contributed by atoms with Gasteiger partial charge in [0, 0.05) is 41.3 Å². The van der Waals surface area contributed by atoms with E-state index in [9.17, 15) is 13.2 Å². The van der Waals surface area contributed by atoms with E-state index in [-0.39, 0.29) is 35.5 Å². The number of benzene rings is 2. The van der Waals surface area contributed by atoms with Gasteiger partial charge in [0.05, 0.1) is 27.4 Å². The van der Waals surface area contributed by atoms with E-state index >= 15 is 8.78 Å². The molecule has 1 aromatic heterocycles. The molecule has 1 aliphatic carbocycles. The number of carbonyl (C=O) groups excluding carboxylic acids is 1. The standard InChI is InChI=1S/C31H40F2N4O7S2/c1-30(2,3)44-29(38)36-21-9-11-31(4,12-10-21)13-14-43-26-16-24(33)27(17-23(26)32)46(39,40)37(28-34-19-35-45-28)18-20-7-8-22(41-5)15-25(20)42-6/h7-8,15-17,19,21H,9-14,18H2,1-6H3,(H,36,38). The average molecular weight is 683 g/mol. The second kappa shape index (κ2) is 14.4. The molecule has 15 heteroatoms. The largest absolute Gasteiger partial charge is 0.497 e. The Bertz CT molecular complexity index is 1610. The molecule has 0 bridgehead atoms. The van der Waals surface area contributed by atoms with Crippen molar-refractivity contribution in [3.05, 3.63) is 53.9 Å². The number of anilines is 1. The molecule has 252 valence electrons. The first-order valence-corrected chi connectivity index (χ1v) is 17.0. The number of halogens is 2. The first kappa shape index (κ1) is 35.1. The van der Waals surface area contributed by atoms with Crippen LogP contribution >= 0.6 is 11.5 Å². The second-order valence-electron chi connectivity index (χ2n) is 12.5. The number of ether oxygens (including phenoxy) is 4. The summed E-state index contributed by atoms with van der Waals surface area (Å²) >= 11 is 0.788. The number of methoxy groups -OCH3 is 2. The van der Waals surface area contributed by atoms with Crippen LogP contribution in [0.2, 0.25) is 0 Å². The van der Waals surface area contributed by atoms with E-state index in [4.69, 9.17) is 18.9 Å². The number of hydrogen-bond acceptors (Lipinski definition) is 10. The Morgan fingerprint density at radius 1 is 1.09 bits per heavy atom. The highest BCUT2D eigenvalue weighted by molar-refractivity contribution is 7.93. The zero-order valence-corrected chi connectivity index (χ0v) is 28.4. The van der Waals surface area contributed by atoms with Gasteiger partial charge in [0.2, 0.25) is 5.13 Å². The fourth-order valence-electron chi connectivity index (χ4n) is 5.20. The van der Waals surface area contributed by atoms with Crippen molar-refractivity contribution in [2.45, 2.75) is 82.9 Å². The third kappa shape index (κ3) is 8.75. The van der Waals surface area contributed by atoms with Crippen LogP contribution in [-0.2, 0) is 21.3 Å². The van der Waals surface area contributed by atoms with Crippen LogP contribution in [0.15, 0.2) is 41.6 Å². The summed E-state index contributed by atoms with van der Waals surface area (Å²) in [7, 11) is -1.76. The molecule has 0 atom stereocenters. The predicted octanol–water partition coefficient (Wildman–Crippen LogP) is 6.47. The zero-order valence-electron chi connectivity index (χ0n) is 26.8. The number of amides is 1. The average Bonchev–Trinajstić information content (AvgIpc) is 3.52. The molecule has 4 rings (SSSR count). The van der Waals surface area contributed by atoms with Crippen molar-refractivity contribution >= 4 is 32.8 Å². The van der Waals surface area contributed by atoms with Gasteiger partial charge in [0.15, 0.2) is 11.6 Å². The molecule has 1 fully saturated rings. The summed E-state index contributed by atoms with van der Waals surface area (Å²) in [6.07, 6.45) is 4.38. The lowest BCUT2D eigenvalue weighted by atomic mass is 9.72. The summed E-state index contributed by atoms with van der Waals surface area (Å²) in [6, 6.07) is 6.18. The van der Waals surface area contributed by atoms with E-state index < -0.39 is 38.2 Å². The summed E-state index contributed by atoms with van der Waals surface area (Å²) in [6.45, 7) is 7.31. The molecule has 0 aliphatic heterocycles. The number of sulfonamides is 1. The molecule has 11 nitrogen and oxygen atoms in total. The van der Waals surface area contributed by atoms with Crippen LogP contribution in [-0.4, -0.2) is 56.3 Å². The van der Waals surface area contributed by atoms with Crippen molar-refractivity contribution in [2.75, 3.05) is 25.1 Å². The van der Waals surface area contributed by atoms with Crippen molar-refractivity contribution in [1.82, 2.24) is 14.7 Å². The maximum atomic E-state index is 15.4. The first-order valence-electron chi connectivity index (χ1n) is 14.8. The van der Waals surface area contributed by atoms with Crippen LogP contribution in [0.25, 0.3) is 0 Å². The third-order valence-corrected chi connectivity index (χ3v) is 10.4. The minimum atomic E-state index is -4.66. The SMILES string of the molecule is COc1ccc(CN(c2ncns2)S(=O)(=O)c2cc(F)c(OCCC3(C)CCC(NC(=O)OC(C)(C)C)CC3)cc2F)c(OC)c1. The van der Waals surface area contributed by atoms with Gasteiger partial charge in [-0.2, -0.15) is 4.37 Å². The Balaban J connectivity index is 1.44. The number of nitrogens with one attached hydrogen (secondary N) is 1. The fraction of sp³-hybridized carbons (Fsp3) is 0.516. The predicted molar refractivity (Wildman–Crippen MR) is 169 cm³/mol. The van der Waals surface area contributed by atoms with Gasteiger partial charge < -0.3 is 24.3 Å². The summed E-state index contributed by atoms with van der Waals surface area (Å²) in [5, 5.41) is 2.87. The van der Waals surface area contributed by atoms with E-state index in [0.717, 1.165) is 47.6 Å². The van der Waals surface area contributed by atoms with E-state index in [2.05, 4.69) is 21.6 Å². The summed E-state index contributed by atoms with van der Waals surface area (Å²) in [5.41, 5.74) is -0.272. The maximum Gasteiger partial charge on any atom is 0.407 e. The van der Waals surface area contributed by atoms with Crippen LogP contribution in [0.1, 0.15) is 65.4 Å². The fourth-order valence-corrected chi connectivity index (χ4v) is 7.39. The van der Waals surface area contributed by atoms with E-state index in [1.165, 1.54) is 20.5 Å². The normalized spacial score (nSPS) is 18.5. The minimum absolute atomic E-state index is 0.00425. The Labute approximate surface area is 272 Å². The molecule has 1 saturated carbocycles. The van der Waals surface area contributed by atoms with E-state index in [1.54, 1.807) is 18.2 Å². The van der Waals surface area contributed by atoms with Crippen LogP contribution in [0.4, 0.5) is 18.7 Å². The van der Waals surface area contributed by atoms with Gasteiger partial charge in [-0.3, -0.25) is 0 Å². The van der Waals surface area contributed by atoms with E-state index in [1.807, 2.05) is 20.8 Å². The van der Waals surface area contributed by atoms with Crippen LogP contribution < -0.4 is 23.8 Å². The molecule has 1 amide bonds. The molecule has 1 heterocycles. The Kier molecular flexibility index (Phi) is 11.0. The molecule has 0 saturated heterocycles. The lowest BCUT2D eigenvalue weighted by Gasteiger charge is -2.37. The smallest absolute Gasteiger partial charge is 0.407 e. The van der Waals surface area contributed by atoms with Crippen molar-refractivity contribution < 1.29 is 40.9 Å². The first-order chi connectivity index (χ1) is 21.6. The van der Waals surface area contributed by atoms with Gasteiger partial charge in [0.25, 0.3) is 10.0 Å². The molecule has 1 N–H and O–H groups in total. The molecular formula is C31H40F2N4O7S2. The third-order valence-electron chi connectivity index (χ3n) is 7.80. The quantitative estimate of drug-likeness (QED) is 0.229. The highest BCUT2D eigenvalue weighted by Crippen LogP contribution is 2.39. The monoisotopic (exact) mass is 682 g/mol. The minimum Gasteiger partial charge on any atom is -0.497 e. The van der Waals surface area contributed by atoms with Crippen molar-refractivity contribution in [1.29, 1.82) is 0 Å². The lowest BCUT2D eigenvalue weighted by Crippen LogP contribution is -2.42. The second-order valence-corrected chi connectivity index (χ2v) is 15.0. The van der Waals surface area contributed by atoms with Crippen LogP contribution in [0.5, 0.6) is 17.2 Å². The van der Waals surface area contributed by atoms with Gasteiger partial charge >= 0.3 is 6.09 Å². The van der Waals surface area contributed by atoms with Crippen LogP contribution in [0, 0.1) is 17.0 Å². The number of carbonyl (C=O) groups is 1. The molecular weight excluding hydrogens is 642 g/mol. The molecule has 0 spiro atoms. The van der Waals surface area contributed by atoms with Crippen LogP contribution in [0.3, 0.4) is 0 Å². The molecule has 0 radical (unpaired) electrons. The van der Waals surface area contributed by atoms with Crippen molar-refractivity contribution in [3.8, 4) is 17.2 Å². The van der Waals surface area contributed by atoms with E-state index in [0.29, 0.717) is 29.5 Å². The maximum absolute atomic E-state index is 15.4. The summed E-state index contributed by atoms with van der Waals surface area (Å²) in [5.74, 6) is -1.76. The van der Waals surface area contributed by atoms with Gasteiger partial charge in [-0.05, 0) is 70.4 Å². The van der Waals surface area contributed by atoms with Gasteiger partial charge in [-0.15, -0.1) is 0 Å². The number of aromatic nitrogens is 2. The van der Waals surface area contributed by atoms with Gasteiger partial charge in [0.1, 0.15) is 34.1 Å². The summed E-state index contributed by atoms with van der Waals surface area (Å²) < 4.78 is 84.6. The Morgan fingerprint density at radius 2 is 1.80 bits per heavy atom. The van der Waals surface area contributed by atoms with Gasteiger partial charge in [-0.25, -0.2) is 31.3 Å². The highest BCUT2D eigenvalue weighted by atomic mass is 32.2. The summed E-state index contributed by atoms with van der Waals surface area (Å²) in [4.78, 5) is 15.3. The number of nitrogens with zero attached hydrogens (tertiary/aromatic N) is 3. The Hall–Kier alpha value is -3.72.